The summed E-state index contributed by atoms with van der Waals surface area (Å²) in [5.74, 6) is 0.632. The second-order valence-electron chi connectivity index (χ2n) is 7.29. The maximum atomic E-state index is 2.36. The van der Waals surface area contributed by atoms with Gasteiger partial charge in [-0.25, -0.2) is 0 Å². The SMILES string of the molecule is B/C(=C(/C)C(C)(C)C(C)C)c1ccc2ccccc2c1CC. The predicted octanol–water partition coefficient (Wildman–Crippen LogP) is 5.45. The fourth-order valence-electron chi connectivity index (χ4n) is 3.19. The Morgan fingerprint density at radius 2 is 1.73 bits per heavy atom. The molecule has 0 unspecified atom stereocenters. The first kappa shape index (κ1) is 16.9. The maximum Gasteiger partial charge on any atom is 0.140 e. The van der Waals surface area contributed by atoms with Crippen molar-refractivity contribution in [2.24, 2.45) is 11.3 Å². The molecule has 0 aliphatic rings. The molecule has 0 amide bonds. The van der Waals surface area contributed by atoms with Gasteiger partial charge in [-0.3, -0.25) is 0 Å². The Kier molecular flexibility index (Phi) is 4.85. The van der Waals surface area contributed by atoms with Gasteiger partial charge in [0.15, 0.2) is 0 Å². The second-order valence-corrected chi connectivity index (χ2v) is 7.29. The molecule has 0 nitrogen and oxygen atoms in total. The van der Waals surface area contributed by atoms with Crippen molar-refractivity contribution in [2.45, 2.75) is 48.0 Å². The van der Waals surface area contributed by atoms with Crippen molar-refractivity contribution in [1.29, 1.82) is 0 Å². The smallest absolute Gasteiger partial charge is 0.0821 e. The van der Waals surface area contributed by atoms with Crippen molar-refractivity contribution in [3.05, 3.63) is 53.1 Å². The predicted molar refractivity (Wildman–Crippen MR) is 103 cm³/mol. The van der Waals surface area contributed by atoms with Crippen LogP contribution in [0.2, 0.25) is 0 Å². The number of allylic oxidation sites excluding steroid dienone is 1. The number of benzene rings is 2. The van der Waals surface area contributed by atoms with Crippen molar-refractivity contribution in [1.82, 2.24) is 0 Å². The number of hydrogen-bond acceptors (Lipinski definition) is 0. The summed E-state index contributed by atoms with van der Waals surface area (Å²) in [7, 11) is 2.29. The van der Waals surface area contributed by atoms with Crippen LogP contribution in [0, 0.1) is 11.3 Å². The maximum absolute atomic E-state index is 2.36. The average molecular weight is 292 g/mol. The van der Waals surface area contributed by atoms with Crippen LogP contribution in [0.3, 0.4) is 0 Å². The van der Waals surface area contributed by atoms with Gasteiger partial charge in [0.1, 0.15) is 7.85 Å². The molecule has 0 radical (unpaired) electrons. The number of rotatable bonds is 4. The van der Waals surface area contributed by atoms with E-state index >= 15 is 0 Å². The number of aryl methyl sites for hydroxylation is 1. The van der Waals surface area contributed by atoms with Crippen LogP contribution in [0.4, 0.5) is 0 Å². The van der Waals surface area contributed by atoms with E-state index < -0.39 is 0 Å². The molecule has 2 rings (SSSR count). The highest BCUT2D eigenvalue weighted by atomic mass is 14.3. The molecule has 0 aromatic heterocycles. The highest BCUT2D eigenvalue weighted by Gasteiger charge is 2.26. The summed E-state index contributed by atoms with van der Waals surface area (Å²) in [5, 5.41) is 2.74. The lowest BCUT2D eigenvalue weighted by atomic mass is 9.68. The summed E-state index contributed by atoms with van der Waals surface area (Å²) >= 11 is 0. The molecule has 0 spiro atoms. The Morgan fingerprint density at radius 3 is 2.32 bits per heavy atom. The van der Waals surface area contributed by atoms with Gasteiger partial charge in [-0.1, -0.05) is 82.1 Å². The minimum absolute atomic E-state index is 0.223. The van der Waals surface area contributed by atoms with Crippen LogP contribution in [-0.4, -0.2) is 7.85 Å². The van der Waals surface area contributed by atoms with Gasteiger partial charge in [-0.15, -0.1) is 0 Å². The lowest BCUT2D eigenvalue weighted by Crippen LogP contribution is -2.22. The van der Waals surface area contributed by atoms with Crippen molar-refractivity contribution in [3.8, 4) is 0 Å². The Morgan fingerprint density at radius 1 is 1.09 bits per heavy atom. The molecule has 0 atom stereocenters. The quantitative estimate of drug-likeness (QED) is 0.657. The van der Waals surface area contributed by atoms with Crippen molar-refractivity contribution >= 4 is 24.1 Å². The van der Waals surface area contributed by atoms with Crippen molar-refractivity contribution < 1.29 is 0 Å². The van der Waals surface area contributed by atoms with Gasteiger partial charge in [0, 0.05) is 0 Å². The summed E-state index contributed by atoms with van der Waals surface area (Å²) in [6.45, 7) is 13.9. The topological polar surface area (TPSA) is 0 Å². The molecule has 116 valence electrons. The van der Waals surface area contributed by atoms with Crippen LogP contribution in [-0.2, 0) is 6.42 Å². The van der Waals surface area contributed by atoms with Crippen LogP contribution < -0.4 is 0 Å². The fraction of sp³-hybridized carbons (Fsp3) is 0.429. The third-order valence-corrected chi connectivity index (χ3v) is 5.77. The number of hydrogen-bond donors (Lipinski definition) is 0. The molecule has 0 aliphatic carbocycles. The third kappa shape index (κ3) is 2.86. The van der Waals surface area contributed by atoms with Crippen LogP contribution in [0.1, 0.15) is 52.7 Å². The van der Waals surface area contributed by atoms with E-state index in [0.29, 0.717) is 5.92 Å². The van der Waals surface area contributed by atoms with E-state index in [-0.39, 0.29) is 5.41 Å². The van der Waals surface area contributed by atoms with Crippen LogP contribution in [0.15, 0.2) is 42.0 Å². The monoisotopic (exact) mass is 292 g/mol. The zero-order valence-corrected chi connectivity index (χ0v) is 15.2. The summed E-state index contributed by atoms with van der Waals surface area (Å²) in [6.07, 6.45) is 1.07. The normalized spacial score (nSPS) is 13.6. The minimum Gasteiger partial charge on any atom is -0.0821 e. The zero-order chi connectivity index (χ0) is 16.5. The Hall–Kier alpha value is -1.50. The largest absolute Gasteiger partial charge is 0.140 e. The van der Waals surface area contributed by atoms with E-state index in [1.54, 1.807) is 0 Å². The molecule has 0 aliphatic heterocycles. The van der Waals surface area contributed by atoms with E-state index in [1.807, 2.05) is 0 Å². The van der Waals surface area contributed by atoms with E-state index in [2.05, 4.69) is 85.8 Å². The van der Waals surface area contributed by atoms with Crippen LogP contribution >= 0.6 is 0 Å². The lowest BCUT2D eigenvalue weighted by molar-refractivity contribution is 0.312. The summed E-state index contributed by atoms with van der Waals surface area (Å²) < 4.78 is 0. The molecule has 22 heavy (non-hydrogen) atoms. The molecule has 2 aromatic carbocycles. The van der Waals surface area contributed by atoms with Crippen LogP contribution in [0.25, 0.3) is 16.2 Å². The average Bonchev–Trinajstić information content (AvgIpc) is 2.51. The van der Waals surface area contributed by atoms with Crippen molar-refractivity contribution in [2.75, 3.05) is 0 Å². The van der Waals surface area contributed by atoms with Gasteiger partial charge >= 0.3 is 0 Å². The molecule has 0 fully saturated rings. The zero-order valence-electron chi connectivity index (χ0n) is 15.2. The second kappa shape index (κ2) is 6.32. The fourth-order valence-corrected chi connectivity index (χ4v) is 3.19. The van der Waals surface area contributed by atoms with Gasteiger partial charge in [-0.2, -0.15) is 0 Å². The van der Waals surface area contributed by atoms with Crippen LogP contribution in [0.5, 0.6) is 0 Å². The number of fused-ring (bicyclic) bond motifs is 1. The summed E-state index contributed by atoms with van der Waals surface area (Å²) in [5.41, 5.74) is 6.08. The van der Waals surface area contributed by atoms with Gasteiger partial charge in [0.25, 0.3) is 0 Å². The molecule has 0 N–H and O–H groups in total. The van der Waals surface area contributed by atoms with Crippen molar-refractivity contribution in [3.63, 3.8) is 0 Å². The molecule has 1 heteroatoms. The molecule has 2 aromatic rings. The van der Waals surface area contributed by atoms with Gasteiger partial charge in [0.2, 0.25) is 0 Å². The van der Waals surface area contributed by atoms with E-state index in [4.69, 9.17) is 0 Å². The molecular weight excluding hydrogens is 263 g/mol. The first-order valence-electron chi connectivity index (χ1n) is 8.49. The lowest BCUT2D eigenvalue weighted by Gasteiger charge is -2.33. The summed E-state index contributed by atoms with van der Waals surface area (Å²) in [4.78, 5) is 0. The highest BCUT2D eigenvalue weighted by molar-refractivity contribution is 6.43. The molecule has 0 saturated carbocycles. The molecule has 0 bridgehead atoms. The van der Waals surface area contributed by atoms with Gasteiger partial charge in [0.05, 0.1) is 0 Å². The molecule has 0 heterocycles. The first-order valence-corrected chi connectivity index (χ1v) is 8.49. The highest BCUT2D eigenvalue weighted by Crippen LogP contribution is 2.39. The van der Waals surface area contributed by atoms with E-state index in [0.717, 1.165) is 6.42 Å². The Labute approximate surface area is 137 Å². The Bertz CT molecular complexity index is 705. The third-order valence-electron chi connectivity index (χ3n) is 5.77. The van der Waals surface area contributed by atoms with E-state index in [1.165, 1.54) is 32.9 Å². The molecular formula is C21H29B. The van der Waals surface area contributed by atoms with Gasteiger partial charge in [-0.05, 0) is 46.6 Å². The first-order chi connectivity index (χ1) is 10.3. The minimum atomic E-state index is 0.223. The summed E-state index contributed by atoms with van der Waals surface area (Å²) in [6, 6.07) is 13.3. The standard InChI is InChI=1S/C21H29B/c1-7-17-18-11-9-8-10-16(18)12-13-19(17)20(22)15(4)21(5,6)14(2)3/h8-14H,7,22H2,1-6H3/b20-15-. The van der Waals surface area contributed by atoms with E-state index in [9.17, 15) is 0 Å². The molecule has 0 saturated heterocycles. The Balaban J connectivity index is 2.69. The van der Waals surface area contributed by atoms with Gasteiger partial charge < -0.3 is 0 Å².